The summed E-state index contributed by atoms with van der Waals surface area (Å²) in [5, 5.41) is 10.9. The molecule has 1 saturated heterocycles. The van der Waals surface area contributed by atoms with Crippen LogP contribution in [0.4, 0.5) is 5.95 Å². The second-order valence-electron chi connectivity index (χ2n) is 5.66. The van der Waals surface area contributed by atoms with Crippen molar-refractivity contribution in [1.29, 1.82) is 0 Å². The lowest BCUT2D eigenvalue weighted by Gasteiger charge is -2.13. The molecule has 1 aliphatic heterocycles. The fourth-order valence-corrected chi connectivity index (χ4v) is 2.62. The van der Waals surface area contributed by atoms with Crippen LogP contribution in [0.1, 0.15) is 26.7 Å². The van der Waals surface area contributed by atoms with E-state index in [-0.39, 0.29) is 5.88 Å². The molecule has 0 atom stereocenters. The summed E-state index contributed by atoms with van der Waals surface area (Å²) in [5.41, 5.74) is 0.829. The topological polar surface area (TPSA) is 54.2 Å². The molecule has 19 heavy (non-hydrogen) atoms. The van der Waals surface area contributed by atoms with Crippen LogP contribution in [-0.2, 0) is 6.54 Å². The van der Waals surface area contributed by atoms with Gasteiger partial charge in [-0.3, -0.25) is 0 Å². The third-order valence-corrected chi connectivity index (χ3v) is 3.55. The van der Waals surface area contributed by atoms with Crippen LogP contribution in [0, 0.1) is 5.92 Å². The van der Waals surface area contributed by atoms with Gasteiger partial charge in [0.15, 0.2) is 0 Å². The fraction of sp³-hybridized carbons (Fsp3) is 0.571. The number of hydrogen-bond donors (Lipinski definition) is 1. The Balaban J connectivity index is 1.98. The van der Waals surface area contributed by atoms with Crippen LogP contribution >= 0.6 is 0 Å². The number of fused-ring (bicyclic) bond motifs is 1. The molecule has 5 nitrogen and oxygen atoms in total. The molecule has 0 unspecified atom stereocenters. The van der Waals surface area contributed by atoms with E-state index >= 15 is 0 Å². The van der Waals surface area contributed by atoms with Crippen LogP contribution in [0.15, 0.2) is 12.4 Å². The molecule has 0 aromatic carbocycles. The Hall–Kier alpha value is -1.78. The van der Waals surface area contributed by atoms with Gasteiger partial charge in [-0.15, -0.1) is 0 Å². The van der Waals surface area contributed by atoms with E-state index in [4.69, 9.17) is 0 Å². The van der Waals surface area contributed by atoms with Gasteiger partial charge in [0.1, 0.15) is 0 Å². The molecule has 2 aromatic heterocycles. The third kappa shape index (κ3) is 2.25. The van der Waals surface area contributed by atoms with Crippen molar-refractivity contribution in [2.24, 2.45) is 5.92 Å². The Morgan fingerprint density at radius 1 is 1.32 bits per heavy atom. The summed E-state index contributed by atoms with van der Waals surface area (Å²) in [6.07, 6.45) is 6.08. The minimum atomic E-state index is 0.275. The molecule has 1 aliphatic rings. The predicted octanol–water partition coefficient (Wildman–Crippen LogP) is 2.39. The standard InChI is InChI=1S/C14H20N4O/c1-10(2)8-18-9-12-11(13(18)19)7-15-14(16-12)17-5-3-4-6-17/h7,9-10,19H,3-6,8H2,1-2H3. The van der Waals surface area contributed by atoms with Gasteiger partial charge in [-0.05, 0) is 18.8 Å². The van der Waals surface area contributed by atoms with Crippen LogP contribution in [0.5, 0.6) is 5.88 Å². The van der Waals surface area contributed by atoms with Crippen molar-refractivity contribution in [3.63, 3.8) is 0 Å². The van der Waals surface area contributed by atoms with Crippen LogP contribution in [-0.4, -0.2) is 32.7 Å². The first-order valence-corrected chi connectivity index (χ1v) is 6.95. The van der Waals surface area contributed by atoms with Crippen molar-refractivity contribution in [3.8, 4) is 5.88 Å². The van der Waals surface area contributed by atoms with E-state index in [9.17, 15) is 5.11 Å². The Kier molecular flexibility index (Phi) is 3.05. The number of rotatable bonds is 3. The molecule has 0 aliphatic carbocycles. The Bertz CT molecular complexity index is 584. The van der Waals surface area contributed by atoms with Gasteiger partial charge in [0, 0.05) is 32.0 Å². The Morgan fingerprint density at radius 3 is 2.74 bits per heavy atom. The van der Waals surface area contributed by atoms with E-state index in [1.807, 2.05) is 10.8 Å². The zero-order valence-corrected chi connectivity index (χ0v) is 11.5. The third-order valence-electron chi connectivity index (χ3n) is 3.55. The van der Waals surface area contributed by atoms with Crippen molar-refractivity contribution >= 4 is 16.9 Å². The van der Waals surface area contributed by atoms with Gasteiger partial charge in [0.25, 0.3) is 0 Å². The lowest BCUT2D eigenvalue weighted by molar-refractivity contribution is 0.399. The molecule has 1 N–H and O–H groups in total. The first kappa shape index (κ1) is 12.3. The zero-order chi connectivity index (χ0) is 13.4. The van der Waals surface area contributed by atoms with Crippen LogP contribution in [0.25, 0.3) is 10.9 Å². The molecule has 0 bridgehead atoms. The van der Waals surface area contributed by atoms with Gasteiger partial charge in [0.2, 0.25) is 11.8 Å². The normalized spacial score (nSPS) is 15.8. The van der Waals surface area contributed by atoms with Crippen LogP contribution < -0.4 is 4.90 Å². The van der Waals surface area contributed by atoms with Crippen LogP contribution in [0.3, 0.4) is 0 Å². The number of nitrogens with zero attached hydrogens (tertiary/aromatic N) is 4. The minimum Gasteiger partial charge on any atom is -0.494 e. The molecule has 2 aromatic rings. The zero-order valence-electron chi connectivity index (χ0n) is 11.5. The quantitative estimate of drug-likeness (QED) is 0.920. The van der Waals surface area contributed by atoms with Crippen LogP contribution in [0.2, 0.25) is 0 Å². The van der Waals surface area contributed by atoms with Crippen molar-refractivity contribution in [3.05, 3.63) is 12.4 Å². The number of aromatic hydroxyl groups is 1. The van der Waals surface area contributed by atoms with E-state index in [0.29, 0.717) is 5.92 Å². The first-order chi connectivity index (χ1) is 9.15. The highest BCUT2D eigenvalue weighted by Gasteiger charge is 2.17. The lowest BCUT2D eigenvalue weighted by atomic mass is 10.2. The van der Waals surface area contributed by atoms with Crippen molar-refractivity contribution < 1.29 is 5.11 Å². The maximum atomic E-state index is 10.2. The molecule has 5 heteroatoms. The van der Waals surface area contributed by atoms with Gasteiger partial charge >= 0.3 is 0 Å². The molecule has 0 spiro atoms. The second-order valence-corrected chi connectivity index (χ2v) is 5.66. The minimum absolute atomic E-state index is 0.275. The van der Waals surface area contributed by atoms with Crippen molar-refractivity contribution in [1.82, 2.24) is 14.5 Å². The molecule has 0 radical (unpaired) electrons. The summed E-state index contributed by atoms with van der Waals surface area (Å²) in [5.74, 6) is 1.54. The summed E-state index contributed by atoms with van der Waals surface area (Å²) in [6, 6.07) is 0. The molecule has 1 fully saturated rings. The van der Waals surface area contributed by atoms with Gasteiger partial charge in [-0.2, -0.15) is 0 Å². The largest absolute Gasteiger partial charge is 0.494 e. The summed E-state index contributed by atoms with van der Waals surface area (Å²) in [7, 11) is 0. The second kappa shape index (κ2) is 4.72. The monoisotopic (exact) mass is 260 g/mol. The highest BCUT2D eigenvalue weighted by molar-refractivity contribution is 5.84. The average molecular weight is 260 g/mol. The van der Waals surface area contributed by atoms with Gasteiger partial charge < -0.3 is 14.6 Å². The van der Waals surface area contributed by atoms with Gasteiger partial charge in [0.05, 0.1) is 10.9 Å². The summed E-state index contributed by atoms with van der Waals surface area (Å²) in [4.78, 5) is 11.2. The molecular weight excluding hydrogens is 240 g/mol. The van der Waals surface area contributed by atoms with E-state index in [0.717, 1.165) is 36.5 Å². The lowest BCUT2D eigenvalue weighted by Crippen LogP contribution is -2.20. The van der Waals surface area contributed by atoms with Gasteiger partial charge in [-0.25, -0.2) is 9.97 Å². The molecule has 3 heterocycles. The van der Waals surface area contributed by atoms with Crippen molar-refractivity contribution in [2.45, 2.75) is 33.2 Å². The Morgan fingerprint density at radius 2 is 2.05 bits per heavy atom. The first-order valence-electron chi connectivity index (χ1n) is 6.95. The number of hydrogen-bond acceptors (Lipinski definition) is 4. The highest BCUT2D eigenvalue weighted by atomic mass is 16.3. The smallest absolute Gasteiger partial charge is 0.225 e. The van der Waals surface area contributed by atoms with E-state index in [2.05, 4.69) is 28.7 Å². The van der Waals surface area contributed by atoms with E-state index < -0.39 is 0 Å². The van der Waals surface area contributed by atoms with Gasteiger partial charge in [-0.1, -0.05) is 13.8 Å². The highest BCUT2D eigenvalue weighted by Crippen LogP contribution is 2.28. The molecule has 102 valence electrons. The molecule has 0 saturated carbocycles. The summed E-state index contributed by atoms with van der Waals surface area (Å²) < 4.78 is 1.86. The number of aromatic nitrogens is 3. The predicted molar refractivity (Wildman–Crippen MR) is 75.5 cm³/mol. The average Bonchev–Trinajstić information content (AvgIpc) is 2.98. The fourth-order valence-electron chi connectivity index (χ4n) is 2.62. The molecular formula is C14H20N4O. The molecule has 3 rings (SSSR count). The number of anilines is 1. The Labute approximate surface area is 112 Å². The summed E-state index contributed by atoms with van der Waals surface area (Å²) in [6.45, 7) is 7.12. The summed E-state index contributed by atoms with van der Waals surface area (Å²) >= 11 is 0. The van der Waals surface area contributed by atoms with E-state index in [1.54, 1.807) is 6.20 Å². The van der Waals surface area contributed by atoms with Crippen molar-refractivity contribution in [2.75, 3.05) is 18.0 Å². The maximum Gasteiger partial charge on any atom is 0.225 e. The molecule has 0 amide bonds. The van der Waals surface area contributed by atoms with E-state index in [1.165, 1.54) is 12.8 Å². The maximum absolute atomic E-state index is 10.2. The SMILES string of the molecule is CC(C)Cn1cc2nc(N3CCCC3)ncc2c1O.